The molecule has 31 heavy (non-hydrogen) atoms. The largest absolute Gasteiger partial charge is 0.416 e. The second-order valence-corrected chi connectivity index (χ2v) is 7.23. The second kappa shape index (κ2) is 7.94. The molecule has 0 bridgehead atoms. The minimum atomic E-state index is -4.49. The van der Waals surface area contributed by atoms with Gasteiger partial charge >= 0.3 is 6.18 Å². The molecule has 0 aliphatic rings. The van der Waals surface area contributed by atoms with Crippen LogP contribution in [0, 0.1) is 5.82 Å². The van der Waals surface area contributed by atoms with Crippen LogP contribution in [0.5, 0.6) is 0 Å². The first-order chi connectivity index (χ1) is 14.7. The minimum absolute atomic E-state index is 0.0113. The molecule has 4 nitrogen and oxygen atoms in total. The SMILES string of the molecule is Cn1cnc2ccc(C(=O)C[C@@H](c3ccc(C(F)(F)F)cc3)c3ncccc3F)cc21. The Morgan fingerprint density at radius 2 is 1.81 bits per heavy atom. The summed E-state index contributed by atoms with van der Waals surface area (Å²) >= 11 is 0. The number of nitrogens with zero attached hydrogens (tertiary/aromatic N) is 3. The molecule has 0 aliphatic carbocycles. The van der Waals surface area contributed by atoms with E-state index in [9.17, 15) is 22.4 Å². The Morgan fingerprint density at radius 3 is 2.48 bits per heavy atom. The van der Waals surface area contributed by atoms with Crippen LogP contribution in [-0.2, 0) is 13.2 Å². The maximum atomic E-state index is 14.5. The molecule has 4 aromatic rings. The third kappa shape index (κ3) is 4.19. The fourth-order valence-corrected chi connectivity index (χ4v) is 3.53. The van der Waals surface area contributed by atoms with Crippen LogP contribution in [0.4, 0.5) is 17.6 Å². The van der Waals surface area contributed by atoms with E-state index in [0.29, 0.717) is 11.1 Å². The first kappa shape index (κ1) is 20.7. The van der Waals surface area contributed by atoms with Crippen LogP contribution in [0.1, 0.15) is 39.5 Å². The van der Waals surface area contributed by atoms with Gasteiger partial charge in [-0.15, -0.1) is 0 Å². The van der Waals surface area contributed by atoms with Crippen LogP contribution in [0.3, 0.4) is 0 Å². The van der Waals surface area contributed by atoms with Crippen molar-refractivity contribution in [1.82, 2.24) is 14.5 Å². The lowest BCUT2D eigenvalue weighted by atomic mass is 9.87. The normalized spacial score (nSPS) is 12.8. The highest BCUT2D eigenvalue weighted by Crippen LogP contribution is 2.34. The summed E-state index contributed by atoms with van der Waals surface area (Å²) in [5, 5.41) is 0. The summed E-state index contributed by atoms with van der Waals surface area (Å²) in [7, 11) is 1.80. The number of Topliss-reactive ketones (excluding diaryl/α,β-unsaturated/α-hetero) is 1. The Labute approximate surface area is 175 Å². The van der Waals surface area contributed by atoms with Crippen molar-refractivity contribution in [2.24, 2.45) is 7.05 Å². The third-order valence-corrected chi connectivity index (χ3v) is 5.19. The van der Waals surface area contributed by atoms with Crippen LogP contribution < -0.4 is 0 Å². The Hall–Kier alpha value is -3.55. The first-order valence-electron chi connectivity index (χ1n) is 9.46. The van der Waals surface area contributed by atoms with Crippen molar-refractivity contribution in [3.63, 3.8) is 0 Å². The van der Waals surface area contributed by atoms with Crippen LogP contribution >= 0.6 is 0 Å². The summed E-state index contributed by atoms with van der Waals surface area (Å²) in [5.41, 5.74) is 1.47. The standard InChI is InChI=1S/C23H17F4N3O/c1-30-13-29-19-9-6-15(11-20(19)30)21(31)12-17(22-18(24)3-2-10-28-22)14-4-7-16(8-5-14)23(25,26)27/h2-11,13,17H,12H2,1H3/t17-/m0/s1. The molecule has 0 N–H and O–H groups in total. The van der Waals surface area contributed by atoms with E-state index in [1.165, 1.54) is 30.5 Å². The molecule has 0 aliphatic heterocycles. The van der Waals surface area contributed by atoms with Gasteiger partial charge in [-0.1, -0.05) is 12.1 Å². The number of pyridine rings is 1. The van der Waals surface area contributed by atoms with Gasteiger partial charge in [-0.2, -0.15) is 13.2 Å². The number of imidazole rings is 1. The number of rotatable bonds is 5. The van der Waals surface area contributed by atoms with E-state index in [0.717, 1.165) is 23.2 Å². The first-order valence-corrected chi connectivity index (χ1v) is 9.46. The molecule has 8 heteroatoms. The quantitative estimate of drug-likeness (QED) is 0.311. The van der Waals surface area contributed by atoms with Gasteiger partial charge in [0, 0.05) is 31.1 Å². The molecule has 158 valence electrons. The summed E-state index contributed by atoms with van der Waals surface area (Å²) in [6, 6.07) is 12.1. The van der Waals surface area contributed by atoms with Gasteiger partial charge in [-0.05, 0) is 48.0 Å². The number of fused-ring (bicyclic) bond motifs is 1. The zero-order chi connectivity index (χ0) is 22.2. The number of carbonyl (C=O) groups is 1. The molecular weight excluding hydrogens is 410 g/mol. The predicted octanol–water partition coefficient (Wildman–Crippen LogP) is 5.53. The number of aryl methyl sites for hydroxylation is 1. The number of hydrogen-bond acceptors (Lipinski definition) is 3. The molecule has 0 saturated heterocycles. The number of aromatic nitrogens is 3. The lowest BCUT2D eigenvalue weighted by Crippen LogP contribution is -2.13. The fraction of sp³-hybridized carbons (Fsp3) is 0.174. The number of carbonyl (C=O) groups excluding carboxylic acids is 1. The molecule has 0 spiro atoms. The minimum Gasteiger partial charge on any atom is -0.334 e. The Bertz CT molecular complexity index is 1250. The molecular formula is C23H17F4N3O. The maximum absolute atomic E-state index is 14.5. The summed E-state index contributed by atoms with van der Waals surface area (Å²) in [6.07, 6.45) is -1.61. The highest BCUT2D eigenvalue weighted by atomic mass is 19.4. The van der Waals surface area contributed by atoms with Gasteiger partial charge in [0.15, 0.2) is 5.78 Å². The average molecular weight is 427 g/mol. The summed E-state index contributed by atoms with van der Waals surface area (Å²) in [4.78, 5) is 21.3. The van der Waals surface area contributed by atoms with Gasteiger partial charge in [0.2, 0.25) is 0 Å². The van der Waals surface area contributed by atoms with Gasteiger partial charge in [0.1, 0.15) is 5.82 Å². The van der Waals surface area contributed by atoms with Crippen LogP contribution in [0.15, 0.2) is 67.1 Å². The molecule has 0 saturated carbocycles. The highest BCUT2D eigenvalue weighted by molar-refractivity contribution is 5.99. The van der Waals surface area contributed by atoms with E-state index in [-0.39, 0.29) is 17.9 Å². The van der Waals surface area contributed by atoms with Crippen molar-refractivity contribution in [3.05, 3.63) is 95.3 Å². The monoisotopic (exact) mass is 427 g/mol. The van der Waals surface area contributed by atoms with Crippen molar-refractivity contribution >= 4 is 16.8 Å². The molecule has 1 atom stereocenters. The lowest BCUT2D eigenvalue weighted by molar-refractivity contribution is -0.137. The number of ketones is 1. The molecule has 0 amide bonds. The van der Waals surface area contributed by atoms with Gasteiger partial charge in [-0.25, -0.2) is 9.37 Å². The van der Waals surface area contributed by atoms with E-state index in [1.807, 2.05) is 0 Å². The van der Waals surface area contributed by atoms with E-state index < -0.39 is 23.5 Å². The van der Waals surface area contributed by atoms with Crippen molar-refractivity contribution in [2.45, 2.75) is 18.5 Å². The molecule has 4 rings (SSSR count). The zero-order valence-corrected chi connectivity index (χ0v) is 16.4. The van der Waals surface area contributed by atoms with Crippen LogP contribution in [0.25, 0.3) is 11.0 Å². The Morgan fingerprint density at radius 1 is 1.06 bits per heavy atom. The third-order valence-electron chi connectivity index (χ3n) is 5.19. The average Bonchev–Trinajstić information content (AvgIpc) is 3.12. The predicted molar refractivity (Wildman–Crippen MR) is 107 cm³/mol. The van der Waals surface area contributed by atoms with E-state index >= 15 is 0 Å². The Kier molecular flexibility index (Phi) is 5.31. The van der Waals surface area contributed by atoms with E-state index in [2.05, 4.69) is 9.97 Å². The zero-order valence-electron chi connectivity index (χ0n) is 16.4. The van der Waals surface area contributed by atoms with E-state index in [1.54, 1.807) is 36.1 Å². The van der Waals surface area contributed by atoms with Gasteiger partial charge < -0.3 is 4.57 Å². The Balaban J connectivity index is 1.71. The number of benzene rings is 2. The van der Waals surface area contributed by atoms with Gasteiger partial charge in [0.05, 0.1) is 28.6 Å². The van der Waals surface area contributed by atoms with Crippen molar-refractivity contribution < 1.29 is 22.4 Å². The number of alkyl halides is 3. The fourth-order valence-electron chi connectivity index (χ4n) is 3.53. The lowest BCUT2D eigenvalue weighted by Gasteiger charge is -2.18. The molecule has 0 fully saturated rings. The number of halogens is 4. The van der Waals surface area contributed by atoms with Crippen LogP contribution in [-0.4, -0.2) is 20.3 Å². The van der Waals surface area contributed by atoms with Crippen molar-refractivity contribution in [1.29, 1.82) is 0 Å². The summed E-state index contributed by atoms with van der Waals surface area (Å²) in [6.45, 7) is 0. The van der Waals surface area contributed by atoms with Gasteiger partial charge in [0.25, 0.3) is 0 Å². The number of hydrogen-bond donors (Lipinski definition) is 0. The molecule has 2 aromatic carbocycles. The topological polar surface area (TPSA) is 47.8 Å². The molecule has 0 unspecified atom stereocenters. The van der Waals surface area contributed by atoms with Crippen LogP contribution in [0.2, 0.25) is 0 Å². The van der Waals surface area contributed by atoms with Crippen molar-refractivity contribution in [3.8, 4) is 0 Å². The van der Waals surface area contributed by atoms with Gasteiger partial charge in [-0.3, -0.25) is 9.78 Å². The highest BCUT2D eigenvalue weighted by Gasteiger charge is 2.31. The summed E-state index contributed by atoms with van der Waals surface area (Å²) < 4.78 is 55.1. The second-order valence-electron chi connectivity index (χ2n) is 7.23. The molecule has 0 radical (unpaired) electrons. The molecule has 2 aromatic heterocycles. The smallest absolute Gasteiger partial charge is 0.334 e. The molecule has 2 heterocycles. The maximum Gasteiger partial charge on any atom is 0.416 e. The van der Waals surface area contributed by atoms with E-state index in [4.69, 9.17) is 0 Å². The summed E-state index contributed by atoms with van der Waals surface area (Å²) in [5.74, 6) is -1.74. The van der Waals surface area contributed by atoms with Crippen molar-refractivity contribution in [2.75, 3.05) is 0 Å².